The predicted octanol–water partition coefficient (Wildman–Crippen LogP) is 2.64. The first-order valence-corrected chi connectivity index (χ1v) is 7.78. The fraction of sp³-hybridized carbons (Fsp3) is 0.278. The van der Waals surface area contributed by atoms with Gasteiger partial charge in [0.25, 0.3) is 0 Å². The number of nitrogens with one attached hydrogen (secondary N) is 1. The van der Waals surface area contributed by atoms with Crippen molar-refractivity contribution in [2.75, 3.05) is 16.8 Å². The summed E-state index contributed by atoms with van der Waals surface area (Å²) in [4.78, 5) is 30.3. The maximum atomic E-state index is 12.5. The number of carbonyl (C=O) groups is 2. The van der Waals surface area contributed by atoms with E-state index in [1.807, 2.05) is 37.3 Å². The Bertz CT molecular complexity index is 715. The monoisotopic (exact) mass is 309 g/mol. The van der Waals surface area contributed by atoms with E-state index in [0.717, 1.165) is 23.4 Å². The standard InChI is InChI=1S/C18H19N3O2/c1-2-13-6-3-4-8-16(13)20-18(23)14-10-17(22)21(12-14)15-7-5-9-19-11-15/h3-9,11,14H,2,10,12H2,1H3,(H,20,23). The lowest BCUT2D eigenvalue weighted by Crippen LogP contribution is -2.28. The highest BCUT2D eigenvalue weighted by Crippen LogP contribution is 2.26. The number of rotatable bonds is 4. The molecule has 1 N–H and O–H groups in total. The van der Waals surface area contributed by atoms with Crippen LogP contribution in [-0.2, 0) is 16.0 Å². The molecule has 1 aliphatic heterocycles. The van der Waals surface area contributed by atoms with Crippen LogP contribution in [0.1, 0.15) is 18.9 Å². The molecule has 1 aromatic heterocycles. The zero-order chi connectivity index (χ0) is 16.2. The summed E-state index contributed by atoms with van der Waals surface area (Å²) in [7, 11) is 0. The normalized spacial score (nSPS) is 17.3. The van der Waals surface area contributed by atoms with Crippen LogP contribution >= 0.6 is 0 Å². The van der Waals surface area contributed by atoms with Crippen molar-refractivity contribution in [3.05, 3.63) is 54.4 Å². The van der Waals surface area contributed by atoms with Gasteiger partial charge in [-0.15, -0.1) is 0 Å². The van der Waals surface area contributed by atoms with Gasteiger partial charge >= 0.3 is 0 Å². The molecule has 1 aliphatic rings. The highest BCUT2D eigenvalue weighted by molar-refractivity contribution is 6.03. The van der Waals surface area contributed by atoms with Crippen molar-refractivity contribution in [1.82, 2.24) is 4.98 Å². The van der Waals surface area contributed by atoms with Crippen molar-refractivity contribution < 1.29 is 9.59 Å². The third-order valence-corrected chi connectivity index (χ3v) is 4.11. The van der Waals surface area contributed by atoms with Crippen molar-refractivity contribution in [2.24, 2.45) is 5.92 Å². The fourth-order valence-corrected chi connectivity index (χ4v) is 2.83. The molecule has 1 aromatic carbocycles. The SMILES string of the molecule is CCc1ccccc1NC(=O)C1CC(=O)N(c2cccnc2)C1. The van der Waals surface area contributed by atoms with E-state index in [9.17, 15) is 9.59 Å². The molecule has 3 rings (SSSR count). The Labute approximate surface area is 135 Å². The summed E-state index contributed by atoms with van der Waals surface area (Å²) in [5, 5.41) is 2.96. The molecule has 5 nitrogen and oxygen atoms in total. The number of amides is 2. The second kappa shape index (κ2) is 6.60. The minimum atomic E-state index is -0.340. The van der Waals surface area contributed by atoms with Crippen LogP contribution in [0.5, 0.6) is 0 Å². The number of aromatic nitrogens is 1. The zero-order valence-corrected chi connectivity index (χ0v) is 13.0. The summed E-state index contributed by atoms with van der Waals surface area (Å²) in [5.41, 5.74) is 2.66. The summed E-state index contributed by atoms with van der Waals surface area (Å²) in [5.74, 6) is -0.486. The summed E-state index contributed by atoms with van der Waals surface area (Å²) < 4.78 is 0. The van der Waals surface area contributed by atoms with Crippen LogP contribution in [0.2, 0.25) is 0 Å². The van der Waals surface area contributed by atoms with Crippen LogP contribution in [0.15, 0.2) is 48.8 Å². The number of nitrogens with zero attached hydrogens (tertiary/aromatic N) is 2. The van der Waals surface area contributed by atoms with Crippen molar-refractivity contribution in [3.63, 3.8) is 0 Å². The van der Waals surface area contributed by atoms with Gasteiger partial charge in [0.05, 0.1) is 17.8 Å². The third-order valence-electron chi connectivity index (χ3n) is 4.11. The van der Waals surface area contributed by atoms with Gasteiger partial charge in [-0.25, -0.2) is 0 Å². The van der Waals surface area contributed by atoms with Crippen LogP contribution in [0.3, 0.4) is 0 Å². The smallest absolute Gasteiger partial charge is 0.229 e. The number of anilines is 2. The summed E-state index contributed by atoms with van der Waals surface area (Å²) in [6.07, 6.45) is 4.39. The molecule has 0 spiro atoms. The Balaban J connectivity index is 1.71. The predicted molar refractivity (Wildman–Crippen MR) is 89.1 cm³/mol. The van der Waals surface area contributed by atoms with E-state index in [1.54, 1.807) is 23.4 Å². The molecular weight excluding hydrogens is 290 g/mol. The topological polar surface area (TPSA) is 62.3 Å². The molecule has 1 fully saturated rings. The van der Waals surface area contributed by atoms with Crippen LogP contribution in [0.4, 0.5) is 11.4 Å². The second-order valence-corrected chi connectivity index (χ2v) is 5.62. The summed E-state index contributed by atoms with van der Waals surface area (Å²) in [6, 6.07) is 11.4. The third kappa shape index (κ3) is 3.23. The van der Waals surface area contributed by atoms with Crippen molar-refractivity contribution in [3.8, 4) is 0 Å². The van der Waals surface area contributed by atoms with Gasteiger partial charge in [-0.1, -0.05) is 25.1 Å². The summed E-state index contributed by atoms with van der Waals surface area (Å²) in [6.45, 7) is 2.44. The number of aryl methyl sites for hydroxylation is 1. The first kappa shape index (κ1) is 15.2. The van der Waals surface area contributed by atoms with Crippen LogP contribution in [0, 0.1) is 5.92 Å². The molecular formula is C18H19N3O2. The molecule has 1 atom stereocenters. The molecule has 0 radical (unpaired) electrons. The van der Waals surface area contributed by atoms with E-state index >= 15 is 0 Å². The molecule has 23 heavy (non-hydrogen) atoms. The minimum absolute atomic E-state index is 0.0399. The quantitative estimate of drug-likeness (QED) is 0.944. The maximum absolute atomic E-state index is 12.5. The Morgan fingerprint density at radius 1 is 1.30 bits per heavy atom. The molecule has 1 unspecified atom stereocenters. The number of para-hydroxylation sites is 1. The number of hydrogen-bond donors (Lipinski definition) is 1. The van der Waals surface area contributed by atoms with Gasteiger partial charge in [0, 0.05) is 24.8 Å². The molecule has 2 heterocycles. The van der Waals surface area contributed by atoms with Gasteiger partial charge in [-0.3, -0.25) is 14.6 Å². The average molecular weight is 309 g/mol. The van der Waals surface area contributed by atoms with Crippen LogP contribution < -0.4 is 10.2 Å². The van der Waals surface area contributed by atoms with Gasteiger partial charge in [0.2, 0.25) is 11.8 Å². The fourth-order valence-electron chi connectivity index (χ4n) is 2.83. The lowest BCUT2D eigenvalue weighted by molar-refractivity contribution is -0.122. The molecule has 1 saturated heterocycles. The number of pyridine rings is 1. The highest BCUT2D eigenvalue weighted by atomic mass is 16.2. The minimum Gasteiger partial charge on any atom is -0.326 e. The van der Waals surface area contributed by atoms with Gasteiger partial charge in [-0.2, -0.15) is 0 Å². The van der Waals surface area contributed by atoms with Gasteiger partial charge in [0.15, 0.2) is 0 Å². The molecule has 118 valence electrons. The Morgan fingerprint density at radius 3 is 2.87 bits per heavy atom. The van der Waals surface area contributed by atoms with Crippen molar-refractivity contribution in [1.29, 1.82) is 0 Å². The maximum Gasteiger partial charge on any atom is 0.229 e. The molecule has 0 bridgehead atoms. The number of benzene rings is 1. The largest absolute Gasteiger partial charge is 0.326 e. The lowest BCUT2D eigenvalue weighted by atomic mass is 10.1. The van der Waals surface area contributed by atoms with Crippen LogP contribution in [0.25, 0.3) is 0 Å². The van der Waals surface area contributed by atoms with Gasteiger partial charge < -0.3 is 10.2 Å². The van der Waals surface area contributed by atoms with Gasteiger partial charge in [0.1, 0.15) is 0 Å². The number of hydrogen-bond acceptors (Lipinski definition) is 3. The average Bonchev–Trinajstić information content (AvgIpc) is 2.98. The van der Waals surface area contributed by atoms with E-state index in [2.05, 4.69) is 10.3 Å². The van der Waals surface area contributed by atoms with E-state index < -0.39 is 0 Å². The Hall–Kier alpha value is -2.69. The van der Waals surface area contributed by atoms with Gasteiger partial charge in [-0.05, 0) is 30.2 Å². The molecule has 0 saturated carbocycles. The molecule has 5 heteroatoms. The highest BCUT2D eigenvalue weighted by Gasteiger charge is 2.35. The van der Waals surface area contributed by atoms with E-state index in [-0.39, 0.29) is 24.2 Å². The van der Waals surface area contributed by atoms with Crippen LogP contribution in [-0.4, -0.2) is 23.3 Å². The zero-order valence-electron chi connectivity index (χ0n) is 13.0. The van der Waals surface area contributed by atoms with Crippen molar-refractivity contribution >= 4 is 23.2 Å². The Morgan fingerprint density at radius 2 is 2.13 bits per heavy atom. The first-order chi connectivity index (χ1) is 11.2. The molecule has 2 amide bonds. The molecule has 2 aromatic rings. The summed E-state index contributed by atoms with van der Waals surface area (Å²) >= 11 is 0. The second-order valence-electron chi connectivity index (χ2n) is 5.62. The van der Waals surface area contributed by atoms with E-state index in [4.69, 9.17) is 0 Å². The first-order valence-electron chi connectivity index (χ1n) is 7.78. The van der Waals surface area contributed by atoms with Crippen molar-refractivity contribution in [2.45, 2.75) is 19.8 Å². The van der Waals surface area contributed by atoms with E-state index in [1.165, 1.54) is 0 Å². The Kier molecular flexibility index (Phi) is 4.37. The lowest BCUT2D eigenvalue weighted by Gasteiger charge is -2.16. The van der Waals surface area contributed by atoms with E-state index in [0.29, 0.717) is 6.54 Å². The molecule has 0 aliphatic carbocycles. The number of carbonyl (C=O) groups excluding carboxylic acids is 2.